The van der Waals surface area contributed by atoms with E-state index in [0.29, 0.717) is 6.42 Å². The fraction of sp³-hybridized carbons (Fsp3) is 0.364. The van der Waals surface area contributed by atoms with Crippen LogP contribution in [-0.2, 0) is 20.8 Å². The molecule has 2 aliphatic heterocycles. The van der Waals surface area contributed by atoms with Gasteiger partial charge in [-0.2, -0.15) is 0 Å². The fourth-order valence-electron chi connectivity index (χ4n) is 4.88. The smallest absolute Gasteiger partial charge is 0.270 e. The van der Waals surface area contributed by atoms with E-state index in [4.69, 9.17) is 14.2 Å². The molecule has 3 heterocycles. The molecule has 0 radical (unpaired) electrons. The minimum absolute atomic E-state index is 0.0130. The molecular formula is C33H40N6O8. The molecule has 2 aromatic carbocycles. The molecule has 0 saturated carbocycles. The average molecular weight is 649 g/mol. The lowest BCUT2D eigenvalue weighted by Gasteiger charge is -2.24. The van der Waals surface area contributed by atoms with Crippen LogP contribution in [0.4, 0.5) is 0 Å². The number of methoxy groups -OCH3 is 2. The molecule has 2 atom stereocenters. The maximum atomic E-state index is 13.4. The summed E-state index contributed by atoms with van der Waals surface area (Å²) in [7, 11) is 2.84. The molecule has 2 bridgehead atoms. The molecule has 1 aromatic heterocycles. The lowest BCUT2D eigenvalue weighted by molar-refractivity contribution is -0.129. The monoisotopic (exact) mass is 648 g/mol. The molecule has 250 valence electrons. The molecule has 0 fully saturated rings. The van der Waals surface area contributed by atoms with Crippen molar-refractivity contribution in [3.63, 3.8) is 0 Å². The second kappa shape index (κ2) is 16.7. The number of ether oxygens (including phenoxy) is 3. The van der Waals surface area contributed by atoms with Crippen LogP contribution in [-0.4, -0.2) is 98.5 Å². The van der Waals surface area contributed by atoms with Crippen LogP contribution >= 0.6 is 0 Å². The van der Waals surface area contributed by atoms with Crippen molar-refractivity contribution >= 4 is 29.5 Å². The van der Waals surface area contributed by atoms with Crippen molar-refractivity contribution in [3.05, 3.63) is 77.6 Å². The van der Waals surface area contributed by atoms with Crippen LogP contribution in [0.5, 0.6) is 17.2 Å². The zero-order valence-corrected chi connectivity index (χ0v) is 26.6. The largest absolute Gasteiger partial charge is 0.493 e. The third-order valence-corrected chi connectivity index (χ3v) is 7.40. The van der Waals surface area contributed by atoms with Gasteiger partial charge in [0, 0.05) is 37.8 Å². The van der Waals surface area contributed by atoms with Crippen molar-refractivity contribution in [2.24, 2.45) is 0 Å². The van der Waals surface area contributed by atoms with Crippen LogP contribution < -0.4 is 35.5 Å². The molecule has 47 heavy (non-hydrogen) atoms. The Bertz CT molecular complexity index is 1520. The van der Waals surface area contributed by atoms with Crippen LogP contribution in [0.25, 0.3) is 0 Å². The molecule has 14 heteroatoms. The number of carbonyl (C=O) groups is 5. The number of rotatable bonds is 5. The maximum Gasteiger partial charge on any atom is 0.270 e. The molecule has 2 aliphatic rings. The van der Waals surface area contributed by atoms with Crippen LogP contribution in [0.3, 0.4) is 0 Å². The predicted molar refractivity (Wildman–Crippen MR) is 171 cm³/mol. The van der Waals surface area contributed by atoms with Crippen molar-refractivity contribution in [3.8, 4) is 17.2 Å². The number of nitrogens with one attached hydrogen (secondary N) is 5. The molecule has 5 N–H and O–H groups in total. The standard InChI is InChI=1S/C33H40N6O8/c1-21-30(41)38-25(17-22-9-5-4-6-10-22)32(43)36-14-15-39(33(44)24-11-7-12-34-24)20-28(40)35-13-8-16-47-29-26(45-2)18-23(31(42)37-21)19-27(29)46-3/h4-7,9-12,18-19,21,25,34H,8,13-17,20H2,1-3H3,(H,35,40)(H,36,43)(H,37,42)(H,38,41)/t21-,25+/m0/s1. The van der Waals surface area contributed by atoms with Crippen molar-refractivity contribution in [1.29, 1.82) is 0 Å². The SMILES string of the molecule is COc1cc2cc(OC)c1OCCCNC(=O)CN(C(=O)c1ccc[nH]1)CCNC(=O)[C@@H](Cc1ccccc1)NC(=O)[C@H](C)NC2=O. The highest BCUT2D eigenvalue weighted by Crippen LogP contribution is 2.38. The van der Waals surface area contributed by atoms with E-state index in [2.05, 4.69) is 26.3 Å². The molecule has 0 aliphatic carbocycles. The second-order valence-electron chi connectivity index (χ2n) is 10.8. The molecule has 14 nitrogen and oxygen atoms in total. The van der Waals surface area contributed by atoms with Gasteiger partial charge in [-0.1, -0.05) is 30.3 Å². The number of carbonyl (C=O) groups excluding carboxylic acids is 5. The first-order valence-electron chi connectivity index (χ1n) is 15.2. The summed E-state index contributed by atoms with van der Waals surface area (Å²) >= 11 is 0. The first kappa shape index (κ1) is 34.3. The van der Waals surface area contributed by atoms with Crippen molar-refractivity contribution in [2.45, 2.75) is 31.8 Å². The summed E-state index contributed by atoms with van der Waals surface area (Å²) in [6, 6.07) is 13.3. The number of aromatic amines is 1. The molecular weight excluding hydrogens is 608 g/mol. The summed E-state index contributed by atoms with van der Waals surface area (Å²) in [5.74, 6) is -1.74. The number of hydrogen-bond donors (Lipinski definition) is 5. The summed E-state index contributed by atoms with van der Waals surface area (Å²) in [5.41, 5.74) is 1.25. The quantitative estimate of drug-likeness (QED) is 0.255. The van der Waals surface area contributed by atoms with Gasteiger partial charge in [0.05, 0.1) is 27.4 Å². The minimum atomic E-state index is -1.02. The van der Waals surface area contributed by atoms with E-state index in [1.807, 2.05) is 30.3 Å². The number of fused-ring (bicyclic) bond motifs is 19. The Labute approximate surface area is 272 Å². The number of H-pyrrole nitrogens is 1. The summed E-state index contributed by atoms with van der Waals surface area (Å²) < 4.78 is 16.8. The lowest BCUT2D eigenvalue weighted by Crippen LogP contribution is -2.54. The lowest BCUT2D eigenvalue weighted by atomic mass is 10.0. The Balaban J connectivity index is 1.60. The summed E-state index contributed by atoms with van der Waals surface area (Å²) in [6.07, 6.45) is 2.18. The Kier molecular flexibility index (Phi) is 12.2. The third kappa shape index (κ3) is 9.48. The minimum Gasteiger partial charge on any atom is -0.493 e. The first-order chi connectivity index (χ1) is 22.7. The Morgan fingerprint density at radius 1 is 0.915 bits per heavy atom. The van der Waals surface area contributed by atoms with E-state index in [1.165, 1.54) is 38.2 Å². The van der Waals surface area contributed by atoms with E-state index < -0.39 is 41.6 Å². The number of benzene rings is 2. The average Bonchev–Trinajstić information content (AvgIpc) is 3.62. The van der Waals surface area contributed by atoms with Gasteiger partial charge in [-0.15, -0.1) is 0 Å². The van der Waals surface area contributed by atoms with Gasteiger partial charge in [0.1, 0.15) is 17.8 Å². The summed E-state index contributed by atoms with van der Waals surface area (Å²) in [6.45, 7) is 1.72. The zero-order chi connectivity index (χ0) is 33.8. The van der Waals surface area contributed by atoms with Gasteiger partial charge in [-0.3, -0.25) is 24.0 Å². The molecule has 3 aromatic rings. The molecule has 0 spiro atoms. The van der Waals surface area contributed by atoms with Gasteiger partial charge in [0.15, 0.2) is 11.5 Å². The Hall–Kier alpha value is -5.53. The molecule has 5 rings (SSSR count). The van der Waals surface area contributed by atoms with E-state index in [-0.39, 0.29) is 67.7 Å². The van der Waals surface area contributed by atoms with Gasteiger partial charge in [-0.05, 0) is 43.2 Å². The number of amides is 5. The highest BCUT2D eigenvalue weighted by Gasteiger charge is 2.27. The van der Waals surface area contributed by atoms with E-state index in [0.717, 1.165) is 5.56 Å². The van der Waals surface area contributed by atoms with Crippen LogP contribution in [0.2, 0.25) is 0 Å². The highest BCUT2D eigenvalue weighted by molar-refractivity contribution is 5.99. The normalized spacial score (nSPS) is 18.7. The Morgan fingerprint density at radius 2 is 1.64 bits per heavy atom. The number of hydrogen-bond acceptors (Lipinski definition) is 8. The van der Waals surface area contributed by atoms with Crippen LogP contribution in [0.15, 0.2) is 60.8 Å². The van der Waals surface area contributed by atoms with Gasteiger partial charge in [0.2, 0.25) is 23.5 Å². The van der Waals surface area contributed by atoms with Crippen molar-refractivity contribution in [2.75, 3.05) is 47.0 Å². The first-order valence-corrected chi connectivity index (χ1v) is 15.2. The van der Waals surface area contributed by atoms with Crippen LogP contribution in [0.1, 0.15) is 39.8 Å². The van der Waals surface area contributed by atoms with Crippen LogP contribution in [0, 0.1) is 0 Å². The van der Waals surface area contributed by atoms with Gasteiger partial charge in [0.25, 0.3) is 11.8 Å². The van der Waals surface area contributed by atoms with E-state index in [9.17, 15) is 24.0 Å². The van der Waals surface area contributed by atoms with Gasteiger partial charge in [-0.25, -0.2) is 0 Å². The zero-order valence-electron chi connectivity index (χ0n) is 26.6. The molecule has 5 amide bonds. The molecule has 0 unspecified atom stereocenters. The highest BCUT2D eigenvalue weighted by atomic mass is 16.5. The fourth-order valence-corrected chi connectivity index (χ4v) is 4.88. The third-order valence-electron chi connectivity index (χ3n) is 7.40. The van der Waals surface area contributed by atoms with Gasteiger partial charge < -0.3 is 45.4 Å². The van der Waals surface area contributed by atoms with E-state index >= 15 is 0 Å². The van der Waals surface area contributed by atoms with Gasteiger partial charge >= 0.3 is 0 Å². The second-order valence-corrected chi connectivity index (χ2v) is 10.8. The number of nitrogens with zero attached hydrogens (tertiary/aromatic N) is 1. The molecule has 0 saturated heterocycles. The van der Waals surface area contributed by atoms with E-state index in [1.54, 1.807) is 18.3 Å². The Morgan fingerprint density at radius 3 is 2.30 bits per heavy atom. The number of aromatic nitrogens is 1. The summed E-state index contributed by atoms with van der Waals surface area (Å²) in [4.78, 5) is 70.2. The van der Waals surface area contributed by atoms with Crippen molar-refractivity contribution in [1.82, 2.24) is 31.2 Å². The topological polar surface area (TPSA) is 180 Å². The predicted octanol–water partition coefficient (Wildman–Crippen LogP) is 1.04. The van der Waals surface area contributed by atoms with Crippen molar-refractivity contribution < 1.29 is 38.2 Å². The maximum absolute atomic E-state index is 13.4. The summed E-state index contributed by atoms with van der Waals surface area (Å²) in [5, 5.41) is 11.0.